The molecule has 3 heterocycles. The molecule has 0 fully saturated rings. The van der Waals surface area contributed by atoms with Crippen LogP contribution in [0.2, 0.25) is 0 Å². The summed E-state index contributed by atoms with van der Waals surface area (Å²) in [5.41, 5.74) is 3.69. The second-order valence-corrected chi connectivity index (χ2v) is 9.51. The predicted octanol–water partition coefficient (Wildman–Crippen LogP) is 6.65. The molecule has 35 heavy (non-hydrogen) atoms. The molecule has 0 spiro atoms. The highest BCUT2D eigenvalue weighted by atomic mass is 32.1. The zero-order valence-corrected chi connectivity index (χ0v) is 22.1. The molecule has 7 nitrogen and oxygen atoms in total. The van der Waals surface area contributed by atoms with E-state index in [4.69, 9.17) is 4.42 Å². The van der Waals surface area contributed by atoms with Crippen LogP contribution in [0.25, 0.3) is 22.6 Å². The number of hydrogen-bond acceptors (Lipinski definition) is 7. The number of nitrogens with zero attached hydrogens (tertiary/aromatic N) is 3. The second kappa shape index (κ2) is 11.9. The molecule has 0 aliphatic carbocycles. The highest BCUT2D eigenvalue weighted by Crippen LogP contribution is 2.38. The number of unbranched alkanes of at least 4 members (excludes halogenated alkanes) is 1. The van der Waals surface area contributed by atoms with E-state index in [1.54, 1.807) is 11.3 Å². The minimum absolute atomic E-state index is 0.000919. The number of aryl methyl sites for hydroxylation is 2. The first kappa shape index (κ1) is 26.3. The van der Waals surface area contributed by atoms with E-state index in [1.165, 1.54) is 0 Å². The number of nitrogens with one attached hydrogen (secondary N) is 1. The fourth-order valence-corrected chi connectivity index (χ4v) is 4.42. The van der Waals surface area contributed by atoms with Gasteiger partial charge in [-0.05, 0) is 36.8 Å². The van der Waals surface area contributed by atoms with Gasteiger partial charge in [-0.3, -0.25) is 4.79 Å². The third kappa shape index (κ3) is 6.06. The molecule has 4 aromatic rings. The molecule has 0 atom stereocenters. The molecular formula is C27H34N4O3S. The number of thiazole rings is 1. The average Bonchev–Trinajstić information content (AvgIpc) is 3.47. The summed E-state index contributed by atoms with van der Waals surface area (Å²) in [5, 5.41) is 22.4. The fourth-order valence-electron chi connectivity index (χ4n) is 3.81. The van der Waals surface area contributed by atoms with Crippen LogP contribution in [-0.2, 0) is 12.8 Å². The Kier molecular flexibility index (Phi) is 8.98. The van der Waals surface area contributed by atoms with Gasteiger partial charge in [0.15, 0.2) is 0 Å². The van der Waals surface area contributed by atoms with Crippen molar-refractivity contribution in [3.8, 4) is 28.3 Å². The predicted molar refractivity (Wildman–Crippen MR) is 141 cm³/mol. The third-order valence-electron chi connectivity index (χ3n) is 5.57. The van der Waals surface area contributed by atoms with Crippen LogP contribution < -0.4 is 5.56 Å². The summed E-state index contributed by atoms with van der Waals surface area (Å²) in [4.78, 5) is 20.4. The Bertz CT molecular complexity index is 1320. The minimum atomic E-state index is -0.443. The molecule has 1 aromatic carbocycles. The van der Waals surface area contributed by atoms with Crippen molar-refractivity contribution in [3.63, 3.8) is 0 Å². The van der Waals surface area contributed by atoms with Gasteiger partial charge in [0.2, 0.25) is 5.89 Å². The molecule has 2 N–H and O–H groups in total. The van der Waals surface area contributed by atoms with Crippen molar-refractivity contribution in [2.24, 2.45) is 0 Å². The lowest BCUT2D eigenvalue weighted by Crippen LogP contribution is -2.14. The Labute approximate surface area is 210 Å². The lowest BCUT2D eigenvalue weighted by Gasteiger charge is -2.15. The summed E-state index contributed by atoms with van der Waals surface area (Å²) in [6.45, 7) is 12.3. The van der Waals surface area contributed by atoms with Gasteiger partial charge in [0.05, 0.1) is 17.1 Å². The number of aromatic amines is 1. The van der Waals surface area contributed by atoms with Gasteiger partial charge < -0.3 is 14.5 Å². The maximum Gasteiger partial charge on any atom is 0.264 e. The van der Waals surface area contributed by atoms with E-state index in [9.17, 15) is 9.90 Å². The summed E-state index contributed by atoms with van der Waals surface area (Å²) in [6, 6.07) is 8.04. The molecule has 0 aliphatic heterocycles. The Morgan fingerprint density at radius 1 is 1.17 bits per heavy atom. The molecule has 0 bridgehead atoms. The second-order valence-electron chi connectivity index (χ2n) is 8.45. The van der Waals surface area contributed by atoms with E-state index in [0.29, 0.717) is 35.9 Å². The quantitative estimate of drug-likeness (QED) is 0.284. The van der Waals surface area contributed by atoms with Gasteiger partial charge in [0.25, 0.3) is 11.4 Å². The van der Waals surface area contributed by atoms with Crippen LogP contribution in [0, 0.1) is 6.92 Å². The van der Waals surface area contributed by atoms with E-state index in [0.717, 1.165) is 34.7 Å². The first-order valence-corrected chi connectivity index (χ1v) is 13.1. The summed E-state index contributed by atoms with van der Waals surface area (Å²) in [7, 11) is 0. The number of benzene rings is 1. The summed E-state index contributed by atoms with van der Waals surface area (Å²) in [5.74, 6) is 0.540. The first-order valence-electron chi connectivity index (χ1n) is 12.2. The zero-order valence-electron chi connectivity index (χ0n) is 21.3. The fraction of sp³-hybridized carbons (Fsp3) is 0.407. The van der Waals surface area contributed by atoms with Crippen molar-refractivity contribution in [3.05, 3.63) is 67.8 Å². The number of H-pyrrole nitrogens is 1. The van der Waals surface area contributed by atoms with Crippen LogP contribution in [0.5, 0.6) is 5.75 Å². The van der Waals surface area contributed by atoms with Crippen LogP contribution >= 0.6 is 11.3 Å². The van der Waals surface area contributed by atoms with Crippen molar-refractivity contribution in [1.82, 2.24) is 20.2 Å². The standard InChI is InChI=1S/C25H28N4O3S.C2H6/c1-5-6-10-19-21(17-9-7-8-16(11-17)14(2)3)23(30)22(24(31)27-19)25-29-28-20(32-25)12-18-13-33-15(4)26-18;1-2/h7-9,11,13-14H,5-6,10,12H2,1-4H3,(H2,27,30,31);1-2H3. The van der Waals surface area contributed by atoms with Crippen LogP contribution in [0.15, 0.2) is 38.9 Å². The van der Waals surface area contributed by atoms with Gasteiger partial charge in [-0.1, -0.05) is 65.3 Å². The molecule has 0 unspecified atom stereocenters. The Morgan fingerprint density at radius 2 is 1.94 bits per heavy atom. The lowest BCUT2D eigenvalue weighted by molar-refractivity contribution is 0.468. The van der Waals surface area contributed by atoms with Gasteiger partial charge >= 0.3 is 0 Å². The third-order valence-corrected chi connectivity index (χ3v) is 6.39. The van der Waals surface area contributed by atoms with Crippen LogP contribution in [0.1, 0.15) is 81.2 Å². The van der Waals surface area contributed by atoms with Gasteiger partial charge in [-0.2, -0.15) is 0 Å². The van der Waals surface area contributed by atoms with Crippen LogP contribution in [0.4, 0.5) is 0 Å². The maximum absolute atomic E-state index is 13.0. The Morgan fingerprint density at radius 3 is 2.60 bits per heavy atom. The van der Waals surface area contributed by atoms with Gasteiger partial charge in [0.1, 0.15) is 11.3 Å². The maximum atomic E-state index is 13.0. The number of hydrogen-bond donors (Lipinski definition) is 2. The molecule has 186 valence electrons. The molecule has 4 rings (SSSR count). The summed E-state index contributed by atoms with van der Waals surface area (Å²) in [6.07, 6.45) is 2.88. The van der Waals surface area contributed by atoms with Gasteiger partial charge in [0, 0.05) is 16.6 Å². The Hall–Kier alpha value is -3.26. The van der Waals surface area contributed by atoms with Crippen molar-refractivity contribution >= 4 is 11.3 Å². The zero-order chi connectivity index (χ0) is 25.5. The number of rotatable bonds is 8. The number of aromatic hydroxyl groups is 1. The van der Waals surface area contributed by atoms with E-state index >= 15 is 0 Å². The SMILES string of the molecule is CC.CCCCc1[nH]c(=O)c(-c2nnc(Cc3csc(C)n3)o2)c(O)c1-c1cccc(C(C)C)c1. The topological polar surface area (TPSA) is 105 Å². The number of aromatic nitrogens is 4. The van der Waals surface area contributed by atoms with Crippen LogP contribution in [0.3, 0.4) is 0 Å². The van der Waals surface area contributed by atoms with Crippen molar-refractivity contribution in [1.29, 1.82) is 0 Å². The molecule has 8 heteroatoms. The Balaban J connectivity index is 0.00000167. The normalized spacial score (nSPS) is 10.9. The van der Waals surface area contributed by atoms with Crippen molar-refractivity contribution in [2.75, 3.05) is 0 Å². The molecule has 0 saturated carbocycles. The summed E-state index contributed by atoms with van der Waals surface area (Å²) < 4.78 is 5.78. The van der Waals surface area contributed by atoms with Crippen molar-refractivity contribution < 1.29 is 9.52 Å². The number of pyridine rings is 1. The minimum Gasteiger partial charge on any atom is -0.506 e. The van der Waals surface area contributed by atoms with E-state index < -0.39 is 5.56 Å². The van der Waals surface area contributed by atoms with Gasteiger partial charge in [-0.25, -0.2) is 4.98 Å². The average molecular weight is 495 g/mol. The molecule has 0 saturated heterocycles. The van der Waals surface area contributed by atoms with E-state index in [1.807, 2.05) is 38.3 Å². The molecule has 3 aromatic heterocycles. The van der Waals surface area contributed by atoms with E-state index in [-0.39, 0.29) is 17.2 Å². The molecule has 0 radical (unpaired) electrons. The van der Waals surface area contributed by atoms with Crippen LogP contribution in [-0.4, -0.2) is 25.3 Å². The van der Waals surface area contributed by atoms with E-state index in [2.05, 4.69) is 53.1 Å². The highest BCUT2D eigenvalue weighted by molar-refractivity contribution is 7.09. The smallest absolute Gasteiger partial charge is 0.264 e. The summed E-state index contributed by atoms with van der Waals surface area (Å²) >= 11 is 1.55. The van der Waals surface area contributed by atoms with Crippen molar-refractivity contribution in [2.45, 2.75) is 73.1 Å². The highest BCUT2D eigenvalue weighted by Gasteiger charge is 2.24. The first-order chi connectivity index (χ1) is 16.9. The lowest BCUT2D eigenvalue weighted by atomic mass is 9.93. The molecule has 0 aliphatic rings. The molecular weight excluding hydrogens is 460 g/mol. The van der Waals surface area contributed by atoms with Gasteiger partial charge in [-0.15, -0.1) is 21.5 Å². The largest absolute Gasteiger partial charge is 0.506 e. The monoisotopic (exact) mass is 494 g/mol. The molecule has 0 amide bonds.